The number of nitrogens with two attached hydrogens (primary N) is 1. The highest BCUT2D eigenvalue weighted by molar-refractivity contribution is 9.10. The quantitative estimate of drug-likeness (QED) is 0.835. The molecule has 0 unspecified atom stereocenters. The zero-order chi connectivity index (χ0) is 11.4. The number of benzene rings is 1. The predicted octanol–water partition coefficient (Wildman–Crippen LogP) is 3.69. The SMILES string of the molecule is CCOc1cc(Cl)c(/C(N)=C/S)cc1Br. The van der Waals surface area contributed by atoms with Gasteiger partial charge in [-0.3, -0.25) is 0 Å². The molecule has 0 spiro atoms. The van der Waals surface area contributed by atoms with Gasteiger partial charge in [0.2, 0.25) is 0 Å². The van der Waals surface area contributed by atoms with E-state index in [0.717, 1.165) is 10.0 Å². The molecule has 0 saturated heterocycles. The average Bonchev–Trinajstić information content (AvgIpc) is 2.22. The van der Waals surface area contributed by atoms with Gasteiger partial charge in [0.05, 0.1) is 16.1 Å². The van der Waals surface area contributed by atoms with Crippen molar-refractivity contribution < 1.29 is 4.74 Å². The van der Waals surface area contributed by atoms with Crippen molar-refractivity contribution in [1.82, 2.24) is 0 Å². The Morgan fingerprint density at radius 2 is 2.33 bits per heavy atom. The molecule has 0 aliphatic rings. The minimum Gasteiger partial charge on any atom is -0.493 e. The molecular formula is C10H11BrClNOS. The third kappa shape index (κ3) is 3.06. The fourth-order valence-corrected chi connectivity index (χ4v) is 1.95. The van der Waals surface area contributed by atoms with Crippen molar-refractivity contribution in [3.05, 3.63) is 32.6 Å². The summed E-state index contributed by atoms with van der Waals surface area (Å²) in [6.45, 7) is 2.50. The van der Waals surface area contributed by atoms with Crippen molar-refractivity contribution in [2.45, 2.75) is 6.92 Å². The lowest BCUT2D eigenvalue weighted by atomic mass is 10.2. The Bertz CT molecular complexity index is 395. The van der Waals surface area contributed by atoms with Crippen molar-refractivity contribution in [2.24, 2.45) is 5.73 Å². The van der Waals surface area contributed by atoms with Crippen LogP contribution in [0.15, 0.2) is 22.0 Å². The van der Waals surface area contributed by atoms with E-state index >= 15 is 0 Å². The third-order valence-corrected chi connectivity index (χ3v) is 2.98. The van der Waals surface area contributed by atoms with Crippen LogP contribution in [0.4, 0.5) is 0 Å². The summed E-state index contributed by atoms with van der Waals surface area (Å²) in [6, 6.07) is 3.55. The van der Waals surface area contributed by atoms with Gasteiger partial charge in [-0.2, -0.15) is 0 Å². The number of thiol groups is 1. The van der Waals surface area contributed by atoms with Gasteiger partial charge in [0.1, 0.15) is 5.75 Å². The summed E-state index contributed by atoms with van der Waals surface area (Å²) in [4.78, 5) is 0. The second-order valence-electron chi connectivity index (χ2n) is 2.78. The summed E-state index contributed by atoms with van der Waals surface area (Å²) in [5, 5.41) is 2.05. The van der Waals surface area contributed by atoms with E-state index in [1.807, 2.05) is 13.0 Å². The highest BCUT2D eigenvalue weighted by Crippen LogP contribution is 2.33. The molecular weight excluding hydrogens is 298 g/mol. The Morgan fingerprint density at radius 3 is 2.87 bits per heavy atom. The molecule has 0 radical (unpaired) electrons. The van der Waals surface area contributed by atoms with Crippen LogP contribution in [-0.2, 0) is 0 Å². The molecule has 0 heterocycles. The number of hydrogen-bond acceptors (Lipinski definition) is 3. The maximum atomic E-state index is 6.06. The van der Waals surface area contributed by atoms with E-state index in [1.54, 1.807) is 6.07 Å². The first kappa shape index (κ1) is 12.7. The minimum atomic E-state index is 0.520. The lowest BCUT2D eigenvalue weighted by molar-refractivity contribution is 0.338. The summed E-state index contributed by atoms with van der Waals surface area (Å²) in [5.41, 5.74) is 6.99. The summed E-state index contributed by atoms with van der Waals surface area (Å²) in [7, 11) is 0. The molecule has 1 aromatic carbocycles. The second-order valence-corrected chi connectivity index (χ2v) is 4.30. The molecule has 0 atom stereocenters. The Kier molecular flexibility index (Phi) is 4.83. The van der Waals surface area contributed by atoms with E-state index < -0.39 is 0 Å². The molecule has 1 rings (SSSR count). The summed E-state index contributed by atoms with van der Waals surface area (Å²) < 4.78 is 6.20. The fourth-order valence-electron chi connectivity index (χ4n) is 1.09. The fraction of sp³-hybridized carbons (Fsp3) is 0.200. The van der Waals surface area contributed by atoms with E-state index in [2.05, 4.69) is 28.6 Å². The summed E-state index contributed by atoms with van der Waals surface area (Å²) >= 11 is 13.4. The monoisotopic (exact) mass is 307 g/mol. The maximum Gasteiger partial charge on any atom is 0.134 e. The zero-order valence-electron chi connectivity index (χ0n) is 8.13. The van der Waals surface area contributed by atoms with Crippen molar-refractivity contribution in [3.63, 3.8) is 0 Å². The first-order valence-corrected chi connectivity index (χ1v) is 6.01. The first-order chi connectivity index (χ1) is 7.10. The van der Waals surface area contributed by atoms with Gasteiger partial charge < -0.3 is 10.5 Å². The van der Waals surface area contributed by atoms with Gasteiger partial charge in [0.25, 0.3) is 0 Å². The van der Waals surface area contributed by atoms with E-state index in [9.17, 15) is 0 Å². The molecule has 0 amide bonds. The molecule has 5 heteroatoms. The van der Waals surface area contributed by atoms with E-state index in [-0.39, 0.29) is 0 Å². The van der Waals surface area contributed by atoms with Crippen LogP contribution in [0.2, 0.25) is 5.02 Å². The summed E-state index contributed by atoms with van der Waals surface area (Å²) in [6.07, 6.45) is 0. The van der Waals surface area contributed by atoms with Crippen LogP contribution in [0.25, 0.3) is 5.70 Å². The van der Waals surface area contributed by atoms with Gasteiger partial charge in [-0.05, 0) is 34.3 Å². The predicted molar refractivity (Wildman–Crippen MR) is 71.5 cm³/mol. The molecule has 0 saturated carbocycles. The van der Waals surface area contributed by atoms with Crippen LogP contribution >= 0.6 is 40.2 Å². The van der Waals surface area contributed by atoms with Gasteiger partial charge >= 0.3 is 0 Å². The van der Waals surface area contributed by atoms with Gasteiger partial charge in [-0.1, -0.05) is 11.6 Å². The number of rotatable bonds is 3. The molecule has 1 aromatic rings. The van der Waals surface area contributed by atoms with Gasteiger partial charge in [-0.25, -0.2) is 0 Å². The molecule has 0 aliphatic carbocycles. The van der Waals surface area contributed by atoms with E-state index in [0.29, 0.717) is 23.1 Å². The Balaban J connectivity index is 3.19. The van der Waals surface area contributed by atoms with Crippen LogP contribution < -0.4 is 10.5 Å². The molecule has 82 valence electrons. The standard InChI is InChI=1S/C10H11BrClNOS/c1-2-14-10-4-8(12)6(3-7(10)11)9(13)5-15/h3-5,15H,2,13H2,1H3/b9-5-. The van der Waals surface area contributed by atoms with Crippen molar-refractivity contribution in [1.29, 1.82) is 0 Å². The molecule has 0 aromatic heterocycles. The maximum absolute atomic E-state index is 6.06. The largest absolute Gasteiger partial charge is 0.493 e. The average molecular weight is 309 g/mol. The number of halogens is 2. The zero-order valence-corrected chi connectivity index (χ0v) is 11.4. The third-order valence-electron chi connectivity index (χ3n) is 1.77. The highest BCUT2D eigenvalue weighted by Gasteiger charge is 2.09. The normalized spacial score (nSPS) is 11.6. The Morgan fingerprint density at radius 1 is 1.67 bits per heavy atom. The topological polar surface area (TPSA) is 35.2 Å². The van der Waals surface area contributed by atoms with Gasteiger partial charge in [0.15, 0.2) is 0 Å². The first-order valence-electron chi connectivity index (χ1n) is 4.32. The second kappa shape index (κ2) is 5.68. The van der Waals surface area contributed by atoms with Crippen LogP contribution in [0.3, 0.4) is 0 Å². The molecule has 0 aliphatic heterocycles. The lowest BCUT2D eigenvalue weighted by Crippen LogP contribution is -1.98. The Hall–Kier alpha value is -0.320. The van der Waals surface area contributed by atoms with E-state index in [4.69, 9.17) is 22.1 Å². The highest BCUT2D eigenvalue weighted by atomic mass is 79.9. The molecule has 2 N–H and O–H groups in total. The molecule has 2 nitrogen and oxygen atoms in total. The van der Waals surface area contributed by atoms with Gasteiger partial charge in [-0.15, -0.1) is 12.6 Å². The smallest absolute Gasteiger partial charge is 0.134 e. The van der Waals surface area contributed by atoms with Crippen LogP contribution in [-0.4, -0.2) is 6.61 Å². The summed E-state index contributed by atoms with van der Waals surface area (Å²) in [5.74, 6) is 0.707. The lowest BCUT2D eigenvalue weighted by Gasteiger charge is -2.10. The molecule has 0 bridgehead atoms. The minimum absolute atomic E-state index is 0.520. The van der Waals surface area contributed by atoms with Crippen LogP contribution in [0, 0.1) is 0 Å². The number of ether oxygens (including phenoxy) is 1. The number of hydrogen-bond donors (Lipinski definition) is 2. The van der Waals surface area contributed by atoms with Crippen molar-refractivity contribution in [3.8, 4) is 5.75 Å². The van der Waals surface area contributed by atoms with Crippen LogP contribution in [0.5, 0.6) is 5.75 Å². The Labute approximate surface area is 108 Å². The van der Waals surface area contributed by atoms with Crippen LogP contribution in [0.1, 0.15) is 12.5 Å². The van der Waals surface area contributed by atoms with Crippen molar-refractivity contribution >= 4 is 45.9 Å². The van der Waals surface area contributed by atoms with Gasteiger partial charge in [0, 0.05) is 17.3 Å². The molecule has 0 fully saturated rings. The van der Waals surface area contributed by atoms with E-state index in [1.165, 1.54) is 5.41 Å². The molecule has 15 heavy (non-hydrogen) atoms. The van der Waals surface area contributed by atoms with Crippen molar-refractivity contribution in [2.75, 3.05) is 6.61 Å².